The number of nitrogens with zero attached hydrogens (tertiary/aromatic N) is 1. The zero-order valence-electron chi connectivity index (χ0n) is 12.6. The first-order valence-corrected chi connectivity index (χ1v) is 7.68. The van der Waals surface area contributed by atoms with Crippen molar-refractivity contribution in [2.24, 2.45) is 5.92 Å². The summed E-state index contributed by atoms with van der Waals surface area (Å²) in [5, 5.41) is 9.14. The van der Waals surface area contributed by atoms with E-state index in [-0.39, 0.29) is 12.1 Å². The van der Waals surface area contributed by atoms with Gasteiger partial charge in [0.15, 0.2) is 0 Å². The van der Waals surface area contributed by atoms with Gasteiger partial charge in [0.05, 0.1) is 12.1 Å². The van der Waals surface area contributed by atoms with Crippen LogP contribution in [0.5, 0.6) is 0 Å². The summed E-state index contributed by atoms with van der Waals surface area (Å²) in [6.07, 6.45) is 3.75. The lowest BCUT2D eigenvalue weighted by atomic mass is 9.83. The highest BCUT2D eigenvalue weighted by atomic mass is 16.5. The Balaban J connectivity index is 2.01. The van der Waals surface area contributed by atoms with E-state index in [1.165, 1.54) is 0 Å². The van der Waals surface area contributed by atoms with Gasteiger partial charge in [0.1, 0.15) is 0 Å². The fourth-order valence-corrected chi connectivity index (χ4v) is 3.39. The highest BCUT2D eigenvalue weighted by molar-refractivity contribution is 5.69. The van der Waals surface area contributed by atoms with E-state index in [9.17, 15) is 4.79 Å². The smallest absolute Gasteiger partial charge is 0.317 e. The Bertz CT molecular complexity index is 320. The van der Waals surface area contributed by atoms with Gasteiger partial charge < -0.3 is 14.6 Å². The molecule has 1 atom stereocenters. The van der Waals surface area contributed by atoms with Gasteiger partial charge in [-0.15, -0.1) is 0 Å². The zero-order chi connectivity index (χ0) is 14.6. The van der Waals surface area contributed by atoms with Gasteiger partial charge in [-0.2, -0.15) is 0 Å². The molecule has 2 fully saturated rings. The Hall–Kier alpha value is -0.650. The Morgan fingerprint density at radius 1 is 1.35 bits per heavy atom. The Morgan fingerprint density at radius 3 is 2.65 bits per heavy atom. The molecule has 0 amide bonds. The first kappa shape index (κ1) is 15.7. The molecule has 2 heterocycles. The van der Waals surface area contributed by atoms with Crippen LogP contribution in [0.3, 0.4) is 0 Å². The average molecular weight is 285 g/mol. The van der Waals surface area contributed by atoms with Crippen molar-refractivity contribution in [1.29, 1.82) is 0 Å². The van der Waals surface area contributed by atoms with E-state index in [1.54, 1.807) is 0 Å². The third-order valence-electron chi connectivity index (χ3n) is 4.33. The lowest BCUT2D eigenvalue weighted by Gasteiger charge is -2.46. The maximum atomic E-state index is 11.1. The topological polar surface area (TPSA) is 59.0 Å². The van der Waals surface area contributed by atoms with E-state index < -0.39 is 5.97 Å². The van der Waals surface area contributed by atoms with Crippen LogP contribution >= 0.6 is 0 Å². The van der Waals surface area contributed by atoms with Crippen LogP contribution in [0.25, 0.3) is 0 Å². The highest BCUT2D eigenvalue weighted by Crippen LogP contribution is 2.36. The number of carbonyl (C=O) groups is 1. The van der Waals surface area contributed by atoms with Crippen LogP contribution in [0.1, 0.15) is 39.5 Å². The van der Waals surface area contributed by atoms with Crippen molar-refractivity contribution in [2.45, 2.75) is 51.2 Å². The second kappa shape index (κ2) is 6.87. The third-order valence-corrected chi connectivity index (χ3v) is 4.33. The monoisotopic (exact) mass is 285 g/mol. The van der Waals surface area contributed by atoms with Crippen molar-refractivity contribution in [3.63, 3.8) is 0 Å². The molecule has 1 unspecified atom stereocenters. The first-order valence-electron chi connectivity index (χ1n) is 7.68. The molecule has 0 radical (unpaired) electrons. The Morgan fingerprint density at radius 2 is 2.05 bits per heavy atom. The molecule has 1 N–H and O–H groups in total. The molecule has 1 spiro atoms. The molecule has 0 aliphatic carbocycles. The molecule has 5 nitrogen and oxygen atoms in total. The number of carboxylic acids is 1. The van der Waals surface area contributed by atoms with Crippen LogP contribution in [-0.4, -0.2) is 60.5 Å². The zero-order valence-corrected chi connectivity index (χ0v) is 12.6. The summed E-state index contributed by atoms with van der Waals surface area (Å²) >= 11 is 0. The average Bonchev–Trinajstić information content (AvgIpc) is 2.38. The van der Waals surface area contributed by atoms with Crippen molar-refractivity contribution in [1.82, 2.24) is 4.90 Å². The van der Waals surface area contributed by atoms with Gasteiger partial charge in [0, 0.05) is 32.4 Å². The van der Waals surface area contributed by atoms with Crippen LogP contribution in [0.4, 0.5) is 0 Å². The van der Waals surface area contributed by atoms with Gasteiger partial charge in [0.25, 0.3) is 0 Å². The number of hydrogen-bond donors (Lipinski definition) is 1. The summed E-state index contributed by atoms with van der Waals surface area (Å²) < 4.78 is 11.5. The van der Waals surface area contributed by atoms with Crippen molar-refractivity contribution in [3.8, 4) is 0 Å². The molecule has 0 bridgehead atoms. The summed E-state index contributed by atoms with van der Waals surface area (Å²) in [6, 6.07) is 0.320. The lowest BCUT2D eigenvalue weighted by Crippen LogP contribution is -2.52. The fourth-order valence-electron chi connectivity index (χ4n) is 3.39. The van der Waals surface area contributed by atoms with Crippen molar-refractivity contribution < 1.29 is 19.4 Å². The van der Waals surface area contributed by atoms with Crippen LogP contribution in [-0.2, 0) is 14.3 Å². The predicted molar refractivity (Wildman–Crippen MR) is 75.8 cm³/mol. The summed E-state index contributed by atoms with van der Waals surface area (Å²) in [6.45, 7) is 7.50. The molecule has 116 valence electrons. The minimum atomic E-state index is -0.738. The Kier molecular flexibility index (Phi) is 5.41. The van der Waals surface area contributed by atoms with Crippen molar-refractivity contribution >= 4 is 5.97 Å². The summed E-state index contributed by atoms with van der Waals surface area (Å²) in [4.78, 5) is 13.2. The second-order valence-corrected chi connectivity index (χ2v) is 6.51. The number of carboxylic acid groups (broad SMARTS) is 1. The summed E-state index contributed by atoms with van der Waals surface area (Å²) in [7, 11) is 0. The van der Waals surface area contributed by atoms with Crippen molar-refractivity contribution in [2.75, 3.05) is 32.9 Å². The van der Waals surface area contributed by atoms with Gasteiger partial charge in [-0.3, -0.25) is 9.69 Å². The first-order chi connectivity index (χ1) is 9.51. The summed E-state index contributed by atoms with van der Waals surface area (Å²) in [5.74, 6) is -0.263. The molecular weight excluding hydrogens is 258 g/mol. The molecule has 0 aromatic heterocycles. The lowest BCUT2D eigenvalue weighted by molar-refractivity contribution is -0.157. The summed E-state index contributed by atoms with van der Waals surface area (Å²) in [5.41, 5.74) is -0.0745. The van der Waals surface area contributed by atoms with Crippen LogP contribution in [0.15, 0.2) is 0 Å². The molecule has 0 aromatic rings. The molecule has 2 saturated heterocycles. The fraction of sp³-hybridized carbons (Fsp3) is 0.933. The second-order valence-electron chi connectivity index (χ2n) is 6.51. The van der Waals surface area contributed by atoms with E-state index in [4.69, 9.17) is 14.6 Å². The van der Waals surface area contributed by atoms with Crippen LogP contribution < -0.4 is 0 Å². The number of aliphatic carboxylic acids is 1. The SMILES string of the molecule is CC(C)CN(CC(=O)O)C1CCOC2(CCOCC2)C1. The molecular formula is C15H27NO4. The number of ether oxygens (including phenoxy) is 2. The van der Waals surface area contributed by atoms with Crippen LogP contribution in [0, 0.1) is 5.92 Å². The van der Waals surface area contributed by atoms with E-state index in [0.717, 1.165) is 52.0 Å². The molecule has 2 rings (SSSR count). The minimum Gasteiger partial charge on any atom is -0.480 e. The molecule has 2 aliphatic rings. The largest absolute Gasteiger partial charge is 0.480 e. The van der Waals surface area contributed by atoms with Gasteiger partial charge in [-0.05, 0) is 31.6 Å². The standard InChI is InChI=1S/C15H27NO4/c1-12(2)10-16(11-14(17)18)13-3-6-20-15(9-13)4-7-19-8-5-15/h12-13H,3-11H2,1-2H3,(H,17,18). The number of rotatable bonds is 5. The van der Waals surface area contributed by atoms with Crippen molar-refractivity contribution in [3.05, 3.63) is 0 Å². The van der Waals surface area contributed by atoms with E-state index in [2.05, 4.69) is 18.7 Å². The molecule has 0 saturated carbocycles. The maximum Gasteiger partial charge on any atom is 0.317 e. The van der Waals surface area contributed by atoms with Gasteiger partial charge in [0.2, 0.25) is 0 Å². The quantitative estimate of drug-likeness (QED) is 0.834. The molecule has 5 heteroatoms. The van der Waals surface area contributed by atoms with Gasteiger partial charge >= 0.3 is 5.97 Å². The maximum absolute atomic E-state index is 11.1. The van der Waals surface area contributed by atoms with Gasteiger partial charge in [-0.1, -0.05) is 13.8 Å². The normalized spacial score (nSPS) is 26.3. The molecule has 2 aliphatic heterocycles. The number of hydrogen-bond acceptors (Lipinski definition) is 4. The van der Waals surface area contributed by atoms with Crippen LogP contribution in [0.2, 0.25) is 0 Å². The highest BCUT2D eigenvalue weighted by Gasteiger charge is 2.41. The van der Waals surface area contributed by atoms with Gasteiger partial charge in [-0.25, -0.2) is 0 Å². The van der Waals surface area contributed by atoms with E-state index in [0.29, 0.717) is 12.0 Å². The van der Waals surface area contributed by atoms with E-state index in [1.807, 2.05) is 0 Å². The molecule has 0 aromatic carbocycles. The minimum absolute atomic E-state index is 0.0745. The van der Waals surface area contributed by atoms with E-state index >= 15 is 0 Å². The molecule has 20 heavy (non-hydrogen) atoms. The predicted octanol–water partition coefficient (Wildman–Crippen LogP) is 1.76. The Labute approximate surface area is 121 Å². The third kappa shape index (κ3) is 4.17.